The Morgan fingerprint density at radius 1 is 1.45 bits per heavy atom. The van der Waals surface area contributed by atoms with Crippen molar-refractivity contribution in [3.63, 3.8) is 0 Å². The van der Waals surface area contributed by atoms with E-state index in [2.05, 4.69) is 5.32 Å². The van der Waals surface area contributed by atoms with Crippen LogP contribution in [0.4, 0.5) is 23.7 Å². The van der Waals surface area contributed by atoms with E-state index >= 15 is 0 Å². The number of hydrogen-bond acceptors (Lipinski definition) is 3. The minimum Gasteiger partial charge on any atom is -0.465 e. The highest BCUT2D eigenvalue weighted by Gasteiger charge is 2.34. The fraction of sp³-hybridized carbons (Fsp3) is 0.429. The third kappa shape index (κ3) is 3.61. The molecule has 1 aromatic carbocycles. The van der Waals surface area contributed by atoms with Crippen LogP contribution in [0.15, 0.2) is 18.2 Å². The molecule has 1 saturated heterocycles. The topological polar surface area (TPSA) is 76.4 Å². The number of benzene rings is 1. The molecule has 1 heterocycles. The molecule has 0 radical (unpaired) electrons. The van der Waals surface area contributed by atoms with Gasteiger partial charge in [0.25, 0.3) is 0 Å². The lowest BCUT2D eigenvalue weighted by molar-refractivity contribution is -0.137. The number of hydrogen-bond donors (Lipinski definition) is 2. The number of nitrogens with one attached hydrogen (secondary N) is 1. The minimum absolute atomic E-state index is 0.219. The first-order valence-electron chi connectivity index (χ1n) is 6.67. The van der Waals surface area contributed by atoms with Crippen molar-refractivity contribution in [2.45, 2.75) is 25.1 Å². The van der Waals surface area contributed by atoms with Crippen molar-refractivity contribution in [2.75, 3.05) is 18.4 Å². The quantitative estimate of drug-likeness (QED) is 0.879. The summed E-state index contributed by atoms with van der Waals surface area (Å²) in [7, 11) is 0. The highest BCUT2D eigenvalue weighted by atomic mass is 19.4. The van der Waals surface area contributed by atoms with Gasteiger partial charge in [-0.25, -0.2) is 4.79 Å². The van der Waals surface area contributed by atoms with Gasteiger partial charge in [0.15, 0.2) is 0 Å². The molecule has 0 spiro atoms. The molecule has 2 N–H and O–H groups in total. The second-order valence-electron chi connectivity index (χ2n) is 5.08. The van der Waals surface area contributed by atoms with Crippen LogP contribution in [0.3, 0.4) is 0 Å². The summed E-state index contributed by atoms with van der Waals surface area (Å²) in [6.07, 6.45) is -4.33. The van der Waals surface area contributed by atoms with Crippen LogP contribution in [0, 0.1) is 11.3 Å². The first-order valence-corrected chi connectivity index (χ1v) is 6.67. The van der Waals surface area contributed by atoms with Gasteiger partial charge in [0.1, 0.15) is 0 Å². The molecule has 22 heavy (non-hydrogen) atoms. The highest BCUT2D eigenvalue weighted by Crippen LogP contribution is 2.33. The number of likely N-dealkylation sites (tertiary alicyclic amines) is 1. The number of carbonyl (C=O) groups is 1. The molecule has 0 aliphatic carbocycles. The van der Waals surface area contributed by atoms with Gasteiger partial charge in [0, 0.05) is 24.8 Å². The monoisotopic (exact) mass is 313 g/mol. The number of piperidine rings is 1. The number of rotatable bonds is 2. The van der Waals surface area contributed by atoms with Gasteiger partial charge in [-0.1, -0.05) is 0 Å². The Kier molecular flexibility index (Phi) is 4.45. The first-order chi connectivity index (χ1) is 10.3. The van der Waals surface area contributed by atoms with E-state index in [9.17, 15) is 18.0 Å². The van der Waals surface area contributed by atoms with E-state index < -0.39 is 23.4 Å². The molecule has 0 aromatic heterocycles. The maximum Gasteiger partial charge on any atom is 0.417 e. The molecule has 1 aromatic rings. The zero-order valence-electron chi connectivity index (χ0n) is 11.5. The zero-order chi connectivity index (χ0) is 16.3. The number of anilines is 1. The van der Waals surface area contributed by atoms with Gasteiger partial charge in [-0.3, -0.25) is 0 Å². The van der Waals surface area contributed by atoms with Crippen LogP contribution >= 0.6 is 0 Å². The van der Waals surface area contributed by atoms with Crippen LogP contribution < -0.4 is 5.32 Å². The van der Waals surface area contributed by atoms with Crippen LogP contribution in [0.2, 0.25) is 0 Å². The molecular formula is C14H14F3N3O2. The average molecular weight is 313 g/mol. The number of halogens is 3. The van der Waals surface area contributed by atoms with Gasteiger partial charge in [0.2, 0.25) is 0 Å². The van der Waals surface area contributed by atoms with Crippen molar-refractivity contribution in [1.82, 2.24) is 4.90 Å². The third-order valence-corrected chi connectivity index (χ3v) is 3.51. The molecule has 0 saturated carbocycles. The van der Waals surface area contributed by atoms with Crippen LogP contribution in [-0.4, -0.2) is 35.2 Å². The molecule has 118 valence electrons. The molecule has 1 aliphatic rings. The maximum absolute atomic E-state index is 12.9. The lowest BCUT2D eigenvalue weighted by Gasteiger charge is -2.32. The number of amides is 1. The van der Waals surface area contributed by atoms with Crippen LogP contribution in [0.5, 0.6) is 0 Å². The summed E-state index contributed by atoms with van der Waals surface area (Å²) in [4.78, 5) is 12.2. The smallest absolute Gasteiger partial charge is 0.417 e. The maximum atomic E-state index is 12.9. The van der Waals surface area contributed by atoms with Crippen molar-refractivity contribution in [3.8, 4) is 6.07 Å². The molecule has 0 bridgehead atoms. The summed E-state index contributed by atoms with van der Waals surface area (Å²) in [5, 5.41) is 20.6. The SMILES string of the molecule is N#Cc1ccc(NC2CCCN(C(=O)O)C2)cc1C(F)(F)F. The van der Waals surface area contributed by atoms with Crippen molar-refractivity contribution >= 4 is 11.8 Å². The van der Waals surface area contributed by atoms with Crippen LogP contribution in [0.1, 0.15) is 24.0 Å². The van der Waals surface area contributed by atoms with E-state index in [1.54, 1.807) is 0 Å². The molecule has 1 amide bonds. The summed E-state index contributed by atoms with van der Waals surface area (Å²) in [5.74, 6) is 0. The molecule has 1 atom stereocenters. The second kappa shape index (κ2) is 6.13. The summed E-state index contributed by atoms with van der Waals surface area (Å²) < 4.78 is 38.7. The largest absolute Gasteiger partial charge is 0.465 e. The fourth-order valence-corrected chi connectivity index (χ4v) is 2.47. The highest BCUT2D eigenvalue weighted by molar-refractivity contribution is 5.65. The van der Waals surface area contributed by atoms with Crippen molar-refractivity contribution in [2.24, 2.45) is 0 Å². The van der Waals surface area contributed by atoms with Gasteiger partial charge >= 0.3 is 12.3 Å². The Labute approximate surface area is 124 Å². The van der Waals surface area contributed by atoms with Crippen molar-refractivity contribution in [1.29, 1.82) is 5.26 Å². The normalized spacial score (nSPS) is 18.6. The summed E-state index contributed by atoms with van der Waals surface area (Å²) in [5.41, 5.74) is -1.21. The van der Waals surface area contributed by atoms with Crippen LogP contribution in [-0.2, 0) is 6.18 Å². The van der Waals surface area contributed by atoms with E-state index in [4.69, 9.17) is 10.4 Å². The number of nitrogens with zero attached hydrogens (tertiary/aromatic N) is 2. The lowest BCUT2D eigenvalue weighted by atomic mass is 10.0. The van der Waals surface area contributed by atoms with Gasteiger partial charge in [0.05, 0.1) is 17.2 Å². The number of alkyl halides is 3. The third-order valence-electron chi connectivity index (χ3n) is 3.51. The van der Waals surface area contributed by atoms with Gasteiger partial charge < -0.3 is 15.3 Å². The van der Waals surface area contributed by atoms with E-state index in [1.165, 1.54) is 17.0 Å². The summed E-state index contributed by atoms with van der Waals surface area (Å²) in [6.45, 7) is 0.644. The fourth-order valence-electron chi connectivity index (χ4n) is 2.47. The van der Waals surface area contributed by atoms with Crippen molar-refractivity contribution < 1.29 is 23.1 Å². The van der Waals surface area contributed by atoms with Crippen LogP contribution in [0.25, 0.3) is 0 Å². The Morgan fingerprint density at radius 2 is 2.18 bits per heavy atom. The molecular weight excluding hydrogens is 299 g/mol. The first kappa shape index (κ1) is 15.9. The Balaban J connectivity index is 2.17. The Morgan fingerprint density at radius 3 is 2.77 bits per heavy atom. The summed E-state index contributed by atoms with van der Waals surface area (Å²) >= 11 is 0. The lowest BCUT2D eigenvalue weighted by Crippen LogP contribution is -2.44. The average Bonchev–Trinajstić information content (AvgIpc) is 2.46. The predicted octanol–water partition coefficient (Wildman–Crippen LogP) is 3.13. The summed E-state index contributed by atoms with van der Waals surface area (Å²) in [6, 6.07) is 4.67. The Bertz CT molecular complexity index is 610. The van der Waals surface area contributed by atoms with E-state index in [0.717, 1.165) is 12.1 Å². The second-order valence-corrected chi connectivity index (χ2v) is 5.08. The van der Waals surface area contributed by atoms with Gasteiger partial charge in [-0.15, -0.1) is 0 Å². The van der Waals surface area contributed by atoms with E-state index in [0.29, 0.717) is 19.4 Å². The molecule has 8 heteroatoms. The number of nitriles is 1. The minimum atomic E-state index is -4.61. The van der Waals surface area contributed by atoms with E-state index in [1.807, 2.05) is 0 Å². The van der Waals surface area contributed by atoms with Gasteiger partial charge in [-0.05, 0) is 31.0 Å². The van der Waals surface area contributed by atoms with E-state index in [-0.39, 0.29) is 18.3 Å². The molecule has 1 unspecified atom stereocenters. The molecule has 1 aliphatic heterocycles. The standard InChI is InChI=1S/C14H14F3N3O2/c15-14(16,17)12-6-10(4-3-9(12)7-18)19-11-2-1-5-20(8-11)13(21)22/h3-4,6,11,19H,1-2,5,8H2,(H,21,22). The van der Waals surface area contributed by atoms with Gasteiger partial charge in [-0.2, -0.15) is 18.4 Å². The molecule has 2 rings (SSSR count). The van der Waals surface area contributed by atoms with Crippen molar-refractivity contribution in [3.05, 3.63) is 29.3 Å². The zero-order valence-corrected chi connectivity index (χ0v) is 11.5. The Hall–Kier alpha value is -2.43. The predicted molar refractivity (Wildman–Crippen MR) is 72.4 cm³/mol. The molecule has 1 fully saturated rings. The number of carboxylic acid groups (broad SMARTS) is 1. The molecule has 5 nitrogen and oxygen atoms in total.